The molecule has 0 aliphatic carbocycles. The van der Waals surface area contributed by atoms with E-state index in [-0.39, 0.29) is 25.2 Å². The van der Waals surface area contributed by atoms with E-state index in [2.05, 4.69) is 16.0 Å². The van der Waals surface area contributed by atoms with Gasteiger partial charge in [-0.25, -0.2) is 4.79 Å². The van der Waals surface area contributed by atoms with Crippen LogP contribution in [-0.2, 0) is 30.4 Å². The van der Waals surface area contributed by atoms with E-state index in [0.717, 1.165) is 5.56 Å². The highest BCUT2D eigenvalue weighted by Gasteiger charge is 2.27. The van der Waals surface area contributed by atoms with E-state index in [1.165, 1.54) is 0 Å². The van der Waals surface area contributed by atoms with Crippen LogP contribution in [0.2, 0.25) is 0 Å². The third-order valence-electron chi connectivity index (χ3n) is 5.17. The van der Waals surface area contributed by atoms with Gasteiger partial charge in [0.25, 0.3) is 0 Å². The minimum absolute atomic E-state index is 0.0233. The normalized spacial score (nSPS) is 14.3. The molecule has 0 heterocycles. The molecule has 1 aromatic rings. The zero-order valence-corrected chi connectivity index (χ0v) is 18.9. The first-order valence-electron chi connectivity index (χ1n) is 10.7. The van der Waals surface area contributed by atoms with Gasteiger partial charge >= 0.3 is 5.97 Å². The summed E-state index contributed by atoms with van der Waals surface area (Å²) < 4.78 is 0. The second-order valence-corrected chi connectivity index (χ2v) is 7.85. The number of amides is 4. The molecule has 11 heteroatoms. The number of aliphatic carboxylic acids is 1. The highest BCUT2D eigenvalue weighted by Crippen LogP contribution is 2.08. The fraction of sp³-hybridized carbons (Fsp3) is 0.500. The molecule has 0 saturated carbocycles. The lowest BCUT2D eigenvalue weighted by Gasteiger charge is -2.22. The van der Waals surface area contributed by atoms with Gasteiger partial charge in [-0.1, -0.05) is 50.6 Å². The predicted octanol–water partition coefficient (Wildman–Crippen LogP) is -0.962. The SMILES string of the molecule is CCC(C)C(NC(=O)CNC(=O)C(Cc1ccccc1)NC(=O)C(N)CCC(N)=O)C(=O)O. The van der Waals surface area contributed by atoms with E-state index in [1.807, 2.05) is 0 Å². The molecule has 0 radical (unpaired) electrons. The summed E-state index contributed by atoms with van der Waals surface area (Å²) in [6.45, 7) is 3.04. The van der Waals surface area contributed by atoms with Gasteiger partial charge in [0.1, 0.15) is 12.1 Å². The lowest BCUT2D eigenvalue weighted by Crippen LogP contribution is -2.54. The standard InChI is InChI=1S/C22H33N5O6/c1-3-13(2)19(22(32)33)27-18(29)12-25-21(31)16(11-14-7-5-4-6-8-14)26-20(30)15(23)9-10-17(24)28/h4-8,13,15-16,19H,3,9-12,23H2,1-2H3,(H2,24,28)(H,25,31)(H,26,30)(H,27,29)(H,32,33). The van der Waals surface area contributed by atoms with Gasteiger partial charge in [0.2, 0.25) is 23.6 Å². The monoisotopic (exact) mass is 463 g/mol. The van der Waals surface area contributed by atoms with Gasteiger partial charge in [0.05, 0.1) is 12.6 Å². The van der Waals surface area contributed by atoms with Crippen LogP contribution in [0.3, 0.4) is 0 Å². The van der Waals surface area contributed by atoms with Gasteiger partial charge in [-0.05, 0) is 17.9 Å². The van der Waals surface area contributed by atoms with Crippen molar-refractivity contribution in [3.63, 3.8) is 0 Å². The maximum Gasteiger partial charge on any atom is 0.326 e. The molecular weight excluding hydrogens is 430 g/mol. The fourth-order valence-corrected chi connectivity index (χ4v) is 2.96. The number of nitrogens with one attached hydrogen (secondary N) is 3. The van der Waals surface area contributed by atoms with Crippen molar-refractivity contribution in [1.29, 1.82) is 0 Å². The Labute approximate surface area is 192 Å². The average molecular weight is 464 g/mol. The van der Waals surface area contributed by atoms with Gasteiger partial charge in [-0.2, -0.15) is 0 Å². The zero-order chi connectivity index (χ0) is 25.0. The lowest BCUT2D eigenvalue weighted by molar-refractivity contribution is -0.143. The highest BCUT2D eigenvalue weighted by atomic mass is 16.4. The zero-order valence-electron chi connectivity index (χ0n) is 18.9. The molecule has 4 atom stereocenters. The number of carbonyl (C=O) groups excluding carboxylic acids is 4. The first kappa shape index (κ1) is 27.6. The summed E-state index contributed by atoms with van der Waals surface area (Å²) in [5, 5.41) is 16.7. The highest BCUT2D eigenvalue weighted by molar-refractivity contribution is 5.93. The van der Waals surface area contributed by atoms with Crippen molar-refractivity contribution >= 4 is 29.6 Å². The Balaban J connectivity index is 2.80. The third kappa shape index (κ3) is 10.1. The van der Waals surface area contributed by atoms with Crippen molar-refractivity contribution < 1.29 is 29.1 Å². The van der Waals surface area contributed by atoms with Crippen LogP contribution in [0.15, 0.2) is 30.3 Å². The van der Waals surface area contributed by atoms with E-state index in [1.54, 1.807) is 44.2 Å². The van der Waals surface area contributed by atoms with Crippen LogP contribution < -0.4 is 27.4 Å². The summed E-state index contributed by atoms with van der Waals surface area (Å²) in [5.74, 6) is -4.00. The summed E-state index contributed by atoms with van der Waals surface area (Å²) in [4.78, 5) is 59.7. The van der Waals surface area contributed by atoms with Crippen molar-refractivity contribution in [2.45, 2.75) is 57.7 Å². The van der Waals surface area contributed by atoms with E-state index < -0.39 is 54.3 Å². The molecular formula is C22H33N5O6. The van der Waals surface area contributed by atoms with Crippen LogP contribution in [0, 0.1) is 5.92 Å². The second-order valence-electron chi connectivity index (χ2n) is 7.85. The molecule has 0 aliphatic rings. The van der Waals surface area contributed by atoms with Gasteiger partial charge < -0.3 is 32.5 Å². The lowest BCUT2D eigenvalue weighted by atomic mass is 9.99. The predicted molar refractivity (Wildman–Crippen MR) is 121 cm³/mol. The molecule has 4 unspecified atom stereocenters. The number of nitrogens with two attached hydrogens (primary N) is 2. The molecule has 0 aliphatic heterocycles. The number of carboxylic acids is 1. The first-order valence-corrected chi connectivity index (χ1v) is 10.7. The van der Waals surface area contributed by atoms with Crippen molar-refractivity contribution in [3.8, 4) is 0 Å². The van der Waals surface area contributed by atoms with E-state index in [9.17, 15) is 29.1 Å². The molecule has 0 spiro atoms. The van der Waals surface area contributed by atoms with E-state index in [4.69, 9.17) is 11.5 Å². The number of benzene rings is 1. The topological polar surface area (TPSA) is 194 Å². The Morgan fingerprint density at radius 1 is 1.03 bits per heavy atom. The van der Waals surface area contributed by atoms with Crippen molar-refractivity contribution in [2.24, 2.45) is 17.4 Å². The minimum Gasteiger partial charge on any atom is -0.480 e. The van der Waals surface area contributed by atoms with Gasteiger partial charge in [-0.3, -0.25) is 19.2 Å². The number of carboxylic acid groups (broad SMARTS) is 1. The molecule has 1 aromatic carbocycles. The summed E-state index contributed by atoms with van der Waals surface area (Å²) in [5.41, 5.74) is 11.6. The number of rotatable bonds is 14. The van der Waals surface area contributed by atoms with Crippen LogP contribution in [0.1, 0.15) is 38.7 Å². The molecule has 0 aromatic heterocycles. The molecule has 4 amide bonds. The number of primary amides is 1. The second kappa shape index (κ2) is 13.8. The summed E-state index contributed by atoms with van der Waals surface area (Å²) in [7, 11) is 0. The minimum atomic E-state index is -1.16. The number of hydrogen-bond donors (Lipinski definition) is 6. The van der Waals surface area contributed by atoms with E-state index >= 15 is 0 Å². The average Bonchev–Trinajstić information content (AvgIpc) is 2.78. The van der Waals surface area contributed by atoms with Gasteiger partial charge in [0.15, 0.2) is 0 Å². The van der Waals surface area contributed by atoms with Gasteiger partial charge in [0, 0.05) is 12.8 Å². The smallest absolute Gasteiger partial charge is 0.326 e. The molecule has 11 nitrogen and oxygen atoms in total. The number of hydrogen-bond acceptors (Lipinski definition) is 6. The van der Waals surface area contributed by atoms with Crippen molar-refractivity contribution in [2.75, 3.05) is 6.54 Å². The quantitative estimate of drug-likeness (QED) is 0.204. The number of carbonyl (C=O) groups is 5. The van der Waals surface area contributed by atoms with E-state index in [0.29, 0.717) is 6.42 Å². The summed E-state index contributed by atoms with van der Waals surface area (Å²) in [6, 6.07) is 5.74. The summed E-state index contributed by atoms with van der Waals surface area (Å²) in [6.07, 6.45) is 0.624. The van der Waals surface area contributed by atoms with Gasteiger partial charge in [-0.15, -0.1) is 0 Å². The molecule has 0 bridgehead atoms. The maximum absolute atomic E-state index is 12.7. The van der Waals surface area contributed by atoms with Crippen LogP contribution in [0.25, 0.3) is 0 Å². The van der Waals surface area contributed by atoms with Crippen molar-refractivity contribution in [1.82, 2.24) is 16.0 Å². The molecule has 182 valence electrons. The molecule has 33 heavy (non-hydrogen) atoms. The summed E-state index contributed by atoms with van der Waals surface area (Å²) >= 11 is 0. The third-order valence-corrected chi connectivity index (χ3v) is 5.17. The van der Waals surface area contributed by atoms with Crippen LogP contribution in [0.5, 0.6) is 0 Å². The van der Waals surface area contributed by atoms with Crippen LogP contribution in [-0.4, -0.2) is 59.4 Å². The van der Waals surface area contributed by atoms with Crippen LogP contribution >= 0.6 is 0 Å². The Morgan fingerprint density at radius 2 is 1.67 bits per heavy atom. The molecule has 0 fully saturated rings. The maximum atomic E-state index is 12.7. The fourth-order valence-electron chi connectivity index (χ4n) is 2.96. The Hall–Kier alpha value is -3.47. The Bertz CT molecular complexity index is 832. The first-order chi connectivity index (χ1) is 15.5. The van der Waals surface area contributed by atoms with Crippen LogP contribution in [0.4, 0.5) is 0 Å². The molecule has 8 N–H and O–H groups in total. The Morgan fingerprint density at radius 3 is 2.21 bits per heavy atom. The molecule has 0 saturated heterocycles. The van der Waals surface area contributed by atoms with Crippen molar-refractivity contribution in [3.05, 3.63) is 35.9 Å². The Kier molecular flexibility index (Phi) is 11.6. The largest absolute Gasteiger partial charge is 0.480 e. The molecule has 1 rings (SSSR count).